The summed E-state index contributed by atoms with van der Waals surface area (Å²) in [6, 6.07) is 10.5. The van der Waals surface area contributed by atoms with E-state index in [4.69, 9.17) is 4.98 Å². The van der Waals surface area contributed by atoms with Crippen molar-refractivity contribution < 1.29 is 4.39 Å². The molecule has 29 heavy (non-hydrogen) atoms. The first-order valence-electron chi connectivity index (χ1n) is 11.1. The summed E-state index contributed by atoms with van der Waals surface area (Å²) in [4.78, 5) is 8.85. The fourth-order valence-corrected chi connectivity index (χ4v) is 3.47. The topological polar surface area (TPSA) is 25.8 Å². The molecular formula is C26H35FN2. The van der Waals surface area contributed by atoms with Gasteiger partial charge in [-0.3, -0.25) is 0 Å². The first kappa shape index (κ1) is 23.0. The molecule has 1 aromatic carbocycles. The van der Waals surface area contributed by atoms with Crippen LogP contribution in [0.15, 0.2) is 54.1 Å². The van der Waals surface area contributed by atoms with Crippen LogP contribution in [0, 0.1) is 5.95 Å². The van der Waals surface area contributed by atoms with E-state index in [1.54, 1.807) is 0 Å². The number of hydrogen-bond donors (Lipinski definition) is 0. The Balaban J connectivity index is 0.000000313. The Kier molecular flexibility index (Phi) is 9.76. The highest BCUT2D eigenvalue weighted by Gasteiger charge is 2.19. The van der Waals surface area contributed by atoms with Gasteiger partial charge in [-0.05, 0) is 43.2 Å². The van der Waals surface area contributed by atoms with Gasteiger partial charge in [0.05, 0.1) is 5.69 Å². The molecule has 0 N–H and O–H groups in total. The average molecular weight is 395 g/mol. The zero-order valence-electron chi connectivity index (χ0n) is 18.4. The van der Waals surface area contributed by atoms with Crippen molar-refractivity contribution in [1.29, 1.82) is 0 Å². The predicted octanol–water partition coefficient (Wildman–Crippen LogP) is 7.15. The molecule has 0 bridgehead atoms. The van der Waals surface area contributed by atoms with E-state index in [1.807, 2.05) is 6.07 Å². The Morgan fingerprint density at radius 2 is 1.69 bits per heavy atom. The Bertz CT molecular complexity index is 809. The molecule has 0 fully saturated rings. The molecule has 0 spiro atoms. The second-order valence-electron chi connectivity index (χ2n) is 7.54. The summed E-state index contributed by atoms with van der Waals surface area (Å²) < 4.78 is 14.4. The molecule has 2 nitrogen and oxygen atoms in total. The van der Waals surface area contributed by atoms with Crippen molar-refractivity contribution in [2.75, 3.05) is 0 Å². The molecule has 0 amide bonds. The monoisotopic (exact) mass is 394 g/mol. The third kappa shape index (κ3) is 6.92. The maximum atomic E-state index is 14.4. The van der Waals surface area contributed by atoms with Gasteiger partial charge in [0.15, 0.2) is 0 Å². The van der Waals surface area contributed by atoms with E-state index in [0.717, 1.165) is 50.6 Å². The summed E-state index contributed by atoms with van der Waals surface area (Å²) >= 11 is 0. The second-order valence-corrected chi connectivity index (χ2v) is 7.54. The third-order valence-corrected chi connectivity index (χ3v) is 5.21. The maximum absolute atomic E-state index is 14.4. The standard InChI is InChI=1S/C18H25FN2.C8H10/c1-4-9-15-16(10-5-2)20-18(21-17(15)19)13(3)14-11-7-6-8-12-14;1-2-8-6-4-3-5-7-8/h7,11-13H,4-6,8-10H2,1-3H3;3-7H,2H2,1H3. The van der Waals surface area contributed by atoms with Gasteiger partial charge in [-0.15, -0.1) is 0 Å². The van der Waals surface area contributed by atoms with Gasteiger partial charge >= 0.3 is 0 Å². The van der Waals surface area contributed by atoms with Crippen LogP contribution < -0.4 is 0 Å². The lowest BCUT2D eigenvalue weighted by Gasteiger charge is -2.17. The fraction of sp³-hybridized carbons (Fsp3) is 0.462. The van der Waals surface area contributed by atoms with Crippen LogP contribution in [-0.2, 0) is 19.3 Å². The summed E-state index contributed by atoms with van der Waals surface area (Å²) in [7, 11) is 0. The molecule has 1 aliphatic rings. The van der Waals surface area contributed by atoms with Crippen LogP contribution in [0.2, 0.25) is 0 Å². The van der Waals surface area contributed by atoms with Crippen molar-refractivity contribution in [2.24, 2.45) is 0 Å². The van der Waals surface area contributed by atoms with Crippen molar-refractivity contribution in [2.45, 2.75) is 78.6 Å². The minimum Gasteiger partial charge on any atom is -0.237 e. The highest BCUT2D eigenvalue weighted by atomic mass is 19.1. The smallest absolute Gasteiger partial charge is 0.219 e. The molecule has 1 aromatic heterocycles. The van der Waals surface area contributed by atoms with Crippen LogP contribution >= 0.6 is 0 Å². The summed E-state index contributed by atoms with van der Waals surface area (Å²) in [6.45, 7) is 8.38. The van der Waals surface area contributed by atoms with Crippen molar-refractivity contribution in [3.63, 3.8) is 0 Å². The van der Waals surface area contributed by atoms with E-state index >= 15 is 0 Å². The third-order valence-electron chi connectivity index (χ3n) is 5.21. The fourth-order valence-electron chi connectivity index (χ4n) is 3.47. The van der Waals surface area contributed by atoms with Gasteiger partial charge in [-0.1, -0.05) is 89.1 Å². The Hall–Kier alpha value is -2.29. The molecule has 0 saturated heterocycles. The number of rotatable bonds is 7. The SMILES string of the molecule is CCCc1nc(C(C)C2=CCCC=C2)nc(F)c1CCC.CCc1ccccc1. The molecular weight excluding hydrogens is 359 g/mol. The van der Waals surface area contributed by atoms with Crippen LogP contribution in [0.4, 0.5) is 4.39 Å². The van der Waals surface area contributed by atoms with E-state index in [9.17, 15) is 4.39 Å². The molecule has 0 radical (unpaired) electrons. The normalized spacial score (nSPS) is 14.0. The summed E-state index contributed by atoms with van der Waals surface area (Å²) in [5.41, 5.74) is 4.22. The zero-order valence-corrected chi connectivity index (χ0v) is 18.4. The number of benzene rings is 1. The largest absolute Gasteiger partial charge is 0.237 e. The highest BCUT2D eigenvalue weighted by Crippen LogP contribution is 2.27. The van der Waals surface area contributed by atoms with Crippen LogP contribution in [0.1, 0.15) is 81.9 Å². The number of hydrogen-bond acceptors (Lipinski definition) is 2. The zero-order chi connectivity index (χ0) is 21.1. The minimum absolute atomic E-state index is 0.0577. The highest BCUT2D eigenvalue weighted by molar-refractivity contribution is 5.32. The molecule has 0 saturated carbocycles. The van der Waals surface area contributed by atoms with Crippen LogP contribution in [0.3, 0.4) is 0 Å². The van der Waals surface area contributed by atoms with Crippen molar-refractivity contribution in [3.8, 4) is 0 Å². The van der Waals surface area contributed by atoms with E-state index in [0.29, 0.717) is 11.4 Å². The predicted molar refractivity (Wildman–Crippen MR) is 121 cm³/mol. The van der Waals surface area contributed by atoms with Gasteiger partial charge in [0.25, 0.3) is 0 Å². The first-order valence-corrected chi connectivity index (χ1v) is 11.1. The Labute approximate surface area is 176 Å². The van der Waals surface area contributed by atoms with E-state index in [1.165, 1.54) is 11.1 Å². The number of aromatic nitrogens is 2. The van der Waals surface area contributed by atoms with Gasteiger partial charge in [0, 0.05) is 11.5 Å². The lowest BCUT2D eigenvalue weighted by atomic mass is 9.94. The van der Waals surface area contributed by atoms with E-state index in [-0.39, 0.29) is 11.9 Å². The molecule has 0 aliphatic heterocycles. The van der Waals surface area contributed by atoms with Crippen molar-refractivity contribution in [1.82, 2.24) is 9.97 Å². The van der Waals surface area contributed by atoms with Crippen LogP contribution in [-0.4, -0.2) is 9.97 Å². The molecule has 3 heteroatoms. The van der Waals surface area contributed by atoms with Gasteiger partial charge in [-0.25, -0.2) is 9.97 Å². The maximum Gasteiger partial charge on any atom is 0.219 e. The average Bonchev–Trinajstić information content (AvgIpc) is 2.77. The number of allylic oxidation sites excluding steroid dienone is 4. The number of nitrogens with zero attached hydrogens (tertiary/aromatic N) is 2. The van der Waals surface area contributed by atoms with Gasteiger partial charge in [0.1, 0.15) is 5.82 Å². The van der Waals surface area contributed by atoms with Crippen LogP contribution in [0.5, 0.6) is 0 Å². The minimum atomic E-state index is -0.322. The lowest BCUT2D eigenvalue weighted by Crippen LogP contribution is -2.12. The van der Waals surface area contributed by atoms with Crippen molar-refractivity contribution in [3.05, 3.63) is 82.7 Å². The lowest BCUT2D eigenvalue weighted by molar-refractivity contribution is 0.538. The number of halogens is 1. The molecule has 3 rings (SSSR count). The van der Waals surface area contributed by atoms with Crippen LogP contribution in [0.25, 0.3) is 0 Å². The summed E-state index contributed by atoms with van der Waals surface area (Å²) in [5.74, 6) is 0.355. The quantitative estimate of drug-likeness (QED) is 0.466. The van der Waals surface area contributed by atoms with E-state index in [2.05, 4.69) is 75.2 Å². The number of aryl methyl sites for hydroxylation is 2. The molecule has 2 aromatic rings. The molecule has 1 aliphatic carbocycles. The molecule has 1 atom stereocenters. The van der Waals surface area contributed by atoms with Crippen molar-refractivity contribution >= 4 is 0 Å². The Morgan fingerprint density at radius 3 is 2.24 bits per heavy atom. The van der Waals surface area contributed by atoms with E-state index < -0.39 is 0 Å². The van der Waals surface area contributed by atoms with Gasteiger partial charge in [0.2, 0.25) is 5.95 Å². The molecule has 156 valence electrons. The second kappa shape index (κ2) is 12.3. The Morgan fingerprint density at radius 1 is 0.966 bits per heavy atom. The molecule has 1 unspecified atom stereocenters. The summed E-state index contributed by atoms with van der Waals surface area (Å²) in [6.07, 6.45) is 13.2. The summed E-state index contributed by atoms with van der Waals surface area (Å²) in [5, 5.41) is 0. The van der Waals surface area contributed by atoms with Gasteiger partial charge < -0.3 is 0 Å². The first-order chi connectivity index (χ1) is 14.1. The molecule has 1 heterocycles. The van der Waals surface area contributed by atoms with Gasteiger partial charge in [-0.2, -0.15) is 4.39 Å².